The quantitative estimate of drug-likeness (QED) is 0.811. The van der Waals surface area contributed by atoms with Crippen molar-refractivity contribution >= 4 is 11.7 Å². The lowest BCUT2D eigenvalue weighted by Gasteiger charge is -2.07. The molecule has 2 rings (SSSR count). The van der Waals surface area contributed by atoms with Crippen molar-refractivity contribution in [1.82, 2.24) is 20.1 Å². The zero-order valence-corrected chi connectivity index (χ0v) is 12.5. The maximum atomic E-state index is 12.1. The molecule has 0 spiro atoms. The summed E-state index contributed by atoms with van der Waals surface area (Å²) in [6.45, 7) is 3.49. The van der Waals surface area contributed by atoms with Crippen molar-refractivity contribution in [2.45, 2.75) is 19.8 Å². The first-order valence-electron chi connectivity index (χ1n) is 7.16. The van der Waals surface area contributed by atoms with Gasteiger partial charge in [0, 0.05) is 38.4 Å². The van der Waals surface area contributed by atoms with Gasteiger partial charge in [-0.25, -0.2) is 4.98 Å². The number of amides is 1. The lowest BCUT2D eigenvalue weighted by atomic mass is 10.3. The van der Waals surface area contributed by atoms with E-state index in [1.165, 1.54) is 0 Å². The molecule has 6 nitrogen and oxygen atoms in total. The van der Waals surface area contributed by atoms with E-state index in [-0.39, 0.29) is 5.91 Å². The predicted molar refractivity (Wildman–Crippen MR) is 82.3 cm³/mol. The summed E-state index contributed by atoms with van der Waals surface area (Å²) >= 11 is 0. The monoisotopic (exact) mass is 287 g/mol. The smallest absolute Gasteiger partial charge is 0.269 e. The Hall–Kier alpha value is -2.37. The average Bonchev–Trinajstić information content (AvgIpc) is 2.91. The normalized spacial score (nSPS) is 10.4. The Morgan fingerprint density at radius 3 is 2.86 bits per heavy atom. The van der Waals surface area contributed by atoms with Gasteiger partial charge in [-0.3, -0.25) is 9.48 Å². The van der Waals surface area contributed by atoms with Crippen LogP contribution in [0.5, 0.6) is 0 Å². The van der Waals surface area contributed by atoms with Crippen LogP contribution in [0.3, 0.4) is 0 Å². The molecule has 2 aromatic heterocycles. The molecule has 0 fully saturated rings. The van der Waals surface area contributed by atoms with Gasteiger partial charge in [0.05, 0.1) is 0 Å². The third-order valence-corrected chi connectivity index (χ3v) is 3.13. The maximum Gasteiger partial charge on any atom is 0.269 e. The summed E-state index contributed by atoms with van der Waals surface area (Å²) in [4.78, 5) is 16.4. The number of pyridine rings is 1. The number of anilines is 1. The van der Waals surface area contributed by atoms with Gasteiger partial charge < -0.3 is 10.6 Å². The van der Waals surface area contributed by atoms with Crippen LogP contribution in [0.1, 0.15) is 29.5 Å². The van der Waals surface area contributed by atoms with Crippen LogP contribution in [0.25, 0.3) is 0 Å². The highest BCUT2D eigenvalue weighted by Gasteiger charge is 2.08. The van der Waals surface area contributed by atoms with Crippen LogP contribution in [-0.4, -0.2) is 33.8 Å². The zero-order chi connectivity index (χ0) is 15.1. The number of aryl methyl sites for hydroxylation is 1. The molecular weight excluding hydrogens is 266 g/mol. The van der Waals surface area contributed by atoms with Gasteiger partial charge >= 0.3 is 0 Å². The first-order valence-corrected chi connectivity index (χ1v) is 7.16. The van der Waals surface area contributed by atoms with Crippen LogP contribution in [0.2, 0.25) is 0 Å². The van der Waals surface area contributed by atoms with Gasteiger partial charge in [0.25, 0.3) is 5.91 Å². The number of aromatic nitrogens is 3. The molecule has 0 aromatic carbocycles. The fourth-order valence-corrected chi connectivity index (χ4v) is 1.95. The number of hydrogen-bond acceptors (Lipinski definition) is 4. The Morgan fingerprint density at radius 2 is 2.14 bits per heavy atom. The van der Waals surface area contributed by atoms with E-state index in [4.69, 9.17) is 0 Å². The molecule has 0 aliphatic rings. The van der Waals surface area contributed by atoms with Gasteiger partial charge in [-0.2, -0.15) is 5.10 Å². The van der Waals surface area contributed by atoms with Crippen LogP contribution in [-0.2, 0) is 13.5 Å². The average molecular weight is 287 g/mol. The van der Waals surface area contributed by atoms with Gasteiger partial charge in [0.1, 0.15) is 11.5 Å². The predicted octanol–water partition coefficient (Wildman–Crippen LogP) is 1.61. The number of hydrogen-bond donors (Lipinski definition) is 2. The molecule has 0 saturated heterocycles. The van der Waals surface area contributed by atoms with E-state index < -0.39 is 0 Å². The molecule has 21 heavy (non-hydrogen) atoms. The lowest BCUT2D eigenvalue weighted by molar-refractivity contribution is 0.0949. The molecule has 0 atom stereocenters. The van der Waals surface area contributed by atoms with E-state index in [0.29, 0.717) is 12.2 Å². The Balaban J connectivity index is 1.86. The SMILES string of the molecule is CCCNc1cccc(C(=O)NCCc2ccnn2C)n1. The topological polar surface area (TPSA) is 71.8 Å². The second-order valence-corrected chi connectivity index (χ2v) is 4.79. The van der Waals surface area contributed by atoms with Crippen LogP contribution in [0.4, 0.5) is 5.82 Å². The Labute approximate surface area is 124 Å². The van der Waals surface area contributed by atoms with Crippen molar-refractivity contribution in [2.24, 2.45) is 7.05 Å². The second kappa shape index (κ2) is 7.42. The number of nitrogens with zero attached hydrogens (tertiary/aromatic N) is 3. The summed E-state index contributed by atoms with van der Waals surface area (Å²) in [5, 5.41) is 10.1. The van der Waals surface area contributed by atoms with Crippen LogP contribution < -0.4 is 10.6 Å². The number of carbonyl (C=O) groups is 1. The number of nitrogens with one attached hydrogen (secondary N) is 2. The van der Waals surface area contributed by atoms with Crippen LogP contribution >= 0.6 is 0 Å². The van der Waals surface area contributed by atoms with Gasteiger partial charge in [-0.15, -0.1) is 0 Å². The molecule has 2 heterocycles. The summed E-state index contributed by atoms with van der Waals surface area (Å²) < 4.78 is 1.81. The second-order valence-electron chi connectivity index (χ2n) is 4.79. The van der Waals surface area contributed by atoms with E-state index in [9.17, 15) is 4.79 Å². The van der Waals surface area contributed by atoms with Crippen LogP contribution in [0.15, 0.2) is 30.5 Å². The molecule has 0 aliphatic heterocycles. The molecule has 112 valence electrons. The Bertz CT molecular complexity index is 593. The third kappa shape index (κ3) is 4.30. The van der Waals surface area contributed by atoms with Crippen molar-refractivity contribution in [3.05, 3.63) is 41.9 Å². The molecule has 0 radical (unpaired) electrons. The molecule has 0 aliphatic carbocycles. The fourth-order valence-electron chi connectivity index (χ4n) is 1.95. The minimum Gasteiger partial charge on any atom is -0.370 e. The third-order valence-electron chi connectivity index (χ3n) is 3.13. The molecule has 0 unspecified atom stereocenters. The summed E-state index contributed by atoms with van der Waals surface area (Å²) in [6.07, 6.45) is 3.51. The van der Waals surface area contributed by atoms with Crippen molar-refractivity contribution < 1.29 is 4.79 Å². The molecule has 2 aromatic rings. The Morgan fingerprint density at radius 1 is 1.29 bits per heavy atom. The summed E-state index contributed by atoms with van der Waals surface area (Å²) in [6, 6.07) is 7.36. The molecule has 0 bridgehead atoms. The Kier molecular flexibility index (Phi) is 5.31. The van der Waals surface area contributed by atoms with Crippen molar-refractivity contribution in [3.8, 4) is 0 Å². The summed E-state index contributed by atoms with van der Waals surface area (Å²) in [5.74, 6) is 0.577. The van der Waals surface area contributed by atoms with E-state index in [0.717, 1.165) is 30.9 Å². The van der Waals surface area contributed by atoms with E-state index >= 15 is 0 Å². The highest BCUT2D eigenvalue weighted by molar-refractivity contribution is 5.92. The molecule has 0 saturated carbocycles. The molecule has 6 heteroatoms. The van der Waals surface area contributed by atoms with Gasteiger partial charge in [0.15, 0.2) is 0 Å². The standard InChI is InChI=1S/C15H21N5O/c1-3-9-16-14-6-4-5-13(19-14)15(21)17-10-7-12-8-11-18-20(12)2/h4-6,8,11H,3,7,9-10H2,1-2H3,(H,16,19)(H,17,21). The van der Waals surface area contributed by atoms with Gasteiger partial charge in [0.2, 0.25) is 0 Å². The first-order chi connectivity index (χ1) is 10.2. The number of rotatable bonds is 7. The molecular formula is C15H21N5O. The van der Waals surface area contributed by atoms with Crippen molar-refractivity contribution in [2.75, 3.05) is 18.4 Å². The summed E-state index contributed by atoms with van der Waals surface area (Å²) in [7, 11) is 1.89. The minimum absolute atomic E-state index is 0.155. The van der Waals surface area contributed by atoms with E-state index in [1.54, 1.807) is 16.9 Å². The molecule has 2 N–H and O–H groups in total. The first kappa shape index (κ1) is 15.0. The lowest BCUT2D eigenvalue weighted by Crippen LogP contribution is -2.27. The van der Waals surface area contributed by atoms with Gasteiger partial charge in [-0.05, 0) is 24.6 Å². The van der Waals surface area contributed by atoms with Gasteiger partial charge in [-0.1, -0.05) is 13.0 Å². The maximum absolute atomic E-state index is 12.1. The zero-order valence-electron chi connectivity index (χ0n) is 12.5. The van der Waals surface area contributed by atoms with Crippen molar-refractivity contribution in [1.29, 1.82) is 0 Å². The fraction of sp³-hybridized carbons (Fsp3) is 0.400. The van der Waals surface area contributed by atoms with E-state index in [2.05, 4.69) is 27.6 Å². The number of carbonyl (C=O) groups excluding carboxylic acids is 1. The van der Waals surface area contributed by atoms with Crippen molar-refractivity contribution in [3.63, 3.8) is 0 Å². The highest BCUT2D eigenvalue weighted by atomic mass is 16.1. The molecule has 1 amide bonds. The summed E-state index contributed by atoms with van der Waals surface area (Å²) in [5.41, 5.74) is 1.52. The largest absolute Gasteiger partial charge is 0.370 e. The minimum atomic E-state index is -0.155. The highest BCUT2D eigenvalue weighted by Crippen LogP contribution is 2.05. The van der Waals surface area contributed by atoms with E-state index in [1.807, 2.05) is 25.2 Å². The van der Waals surface area contributed by atoms with Crippen LogP contribution in [0, 0.1) is 0 Å².